The Morgan fingerprint density at radius 3 is 2.61 bits per heavy atom. The van der Waals surface area contributed by atoms with E-state index in [4.69, 9.17) is 16.3 Å². The molecule has 0 radical (unpaired) electrons. The molecule has 0 bridgehead atoms. The van der Waals surface area contributed by atoms with Gasteiger partial charge in [0, 0.05) is 19.7 Å². The molecule has 0 atom stereocenters. The van der Waals surface area contributed by atoms with Gasteiger partial charge in [-0.15, -0.1) is 0 Å². The SMILES string of the molecule is Clc1ccc2c(c1)C(c1ccccc1)=C(I)CO2. The number of halogens is 2. The highest BCUT2D eigenvalue weighted by molar-refractivity contribution is 14.1. The van der Waals surface area contributed by atoms with E-state index in [9.17, 15) is 0 Å². The summed E-state index contributed by atoms with van der Waals surface area (Å²) < 4.78 is 6.92. The van der Waals surface area contributed by atoms with Gasteiger partial charge in [-0.2, -0.15) is 0 Å². The highest BCUT2D eigenvalue weighted by atomic mass is 127. The van der Waals surface area contributed by atoms with Gasteiger partial charge in [-0.3, -0.25) is 0 Å². The third kappa shape index (κ3) is 2.15. The van der Waals surface area contributed by atoms with Crippen LogP contribution in [0.3, 0.4) is 0 Å². The monoisotopic (exact) mass is 368 g/mol. The lowest BCUT2D eigenvalue weighted by Gasteiger charge is -2.22. The van der Waals surface area contributed by atoms with Crippen LogP contribution in [0.4, 0.5) is 0 Å². The Bertz CT molecular complexity index is 620. The molecule has 0 amide bonds. The molecule has 1 heterocycles. The van der Waals surface area contributed by atoms with E-state index >= 15 is 0 Å². The summed E-state index contributed by atoms with van der Waals surface area (Å²) in [6, 6.07) is 16.1. The third-order valence-corrected chi connectivity index (χ3v) is 3.98. The van der Waals surface area contributed by atoms with E-state index in [1.807, 2.05) is 36.4 Å². The quantitative estimate of drug-likeness (QED) is 0.649. The number of benzene rings is 2. The smallest absolute Gasteiger partial charge is 0.127 e. The second-order valence-electron chi connectivity index (χ2n) is 4.08. The van der Waals surface area contributed by atoms with Crippen LogP contribution in [0.2, 0.25) is 5.02 Å². The lowest BCUT2D eigenvalue weighted by Crippen LogP contribution is -2.08. The molecule has 90 valence electrons. The van der Waals surface area contributed by atoms with Crippen molar-refractivity contribution in [3.63, 3.8) is 0 Å². The van der Waals surface area contributed by atoms with Crippen molar-refractivity contribution in [2.24, 2.45) is 0 Å². The van der Waals surface area contributed by atoms with Crippen molar-refractivity contribution in [2.75, 3.05) is 6.61 Å². The molecule has 18 heavy (non-hydrogen) atoms. The molecule has 0 spiro atoms. The zero-order chi connectivity index (χ0) is 12.5. The van der Waals surface area contributed by atoms with Crippen LogP contribution in [0.1, 0.15) is 11.1 Å². The Balaban J connectivity index is 2.22. The van der Waals surface area contributed by atoms with E-state index in [0.29, 0.717) is 6.61 Å². The number of hydrogen-bond acceptors (Lipinski definition) is 1. The molecule has 0 aliphatic carbocycles. The maximum Gasteiger partial charge on any atom is 0.127 e. The van der Waals surface area contributed by atoms with E-state index in [1.54, 1.807) is 0 Å². The Hall–Kier alpha value is -1.000. The number of hydrogen-bond donors (Lipinski definition) is 0. The molecule has 3 heteroatoms. The van der Waals surface area contributed by atoms with Gasteiger partial charge in [-0.25, -0.2) is 0 Å². The normalized spacial score (nSPS) is 14.1. The molecule has 1 nitrogen and oxygen atoms in total. The predicted octanol–water partition coefficient (Wildman–Crippen LogP) is 4.93. The van der Waals surface area contributed by atoms with E-state index in [0.717, 1.165) is 16.3 Å². The molecule has 2 aromatic carbocycles. The summed E-state index contributed by atoms with van der Waals surface area (Å²) in [5.41, 5.74) is 3.50. The largest absolute Gasteiger partial charge is 0.488 e. The van der Waals surface area contributed by atoms with E-state index in [2.05, 4.69) is 34.7 Å². The fraction of sp³-hybridized carbons (Fsp3) is 0.0667. The van der Waals surface area contributed by atoms with Crippen LogP contribution in [0, 0.1) is 0 Å². The molecule has 2 aromatic rings. The van der Waals surface area contributed by atoms with Crippen LogP contribution in [0.5, 0.6) is 5.75 Å². The van der Waals surface area contributed by atoms with Crippen LogP contribution in [-0.4, -0.2) is 6.61 Å². The molecule has 0 fully saturated rings. The van der Waals surface area contributed by atoms with Crippen LogP contribution < -0.4 is 4.74 Å². The molecule has 0 saturated heterocycles. The minimum atomic E-state index is 0.624. The predicted molar refractivity (Wildman–Crippen MR) is 83.4 cm³/mol. The topological polar surface area (TPSA) is 9.23 Å². The van der Waals surface area contributed by atoms with Crippen molar-refractivity contribution in [2.45, 2.75) is 0 Å². The molecular formula is C15H10ClIO. The van der Waals surface area contributed by atoms with Gasteiger partial charge in [0.2, 0.25) is 0 Å². The van der Waals surface area contributed by atoms with Crippen molar-refractivity contribution in [3.05, 3.63) is 68.3 Å². The van der Waals surface area contributed by atoms with Crippen molar-refractivity contribution in [1.82, 2.24) is 0 Å². The molecular weight excluding hydrogens is 359 g/mol. The van der Waals surface area contributed by atoms with Gasteiger partial charge in [-0.1, -0.05) is 41.9 Å². The van der Waals surface area contributed by atoms with Gasteiger partial charge in [0.1, 0.15) is 12.4 Å². The zero-order valence-corrected chi connectivity index (χ0v) is 12.4. The number of fused-ring (bicyclic) bond motifs is 1. The lowest BCUT2D eigenvalue weighted by molar-refractivity contribution is 0.356. The summed E-state index contributed by atoms with van der Waals surface area (Å²) >= 11 is 8.44. The summed E-state index contributed by atoms with van der Waals surface area (Å²) in [6.45, 7) is 0.624. The molecule has 1 aliphatic heterocycles. The summed E-state index contributed by atoms with van der Waals surface area (Å²) in [4.78, 5) is 0. The fourth-order valence-corrected chi connectivity index (χ4v) is 3.03. The summed E-state index contributed by atoms with van der Waals surface area (Å²) in [7, 11) is 0. The van der Waals surface area contributed by atoms with Crippen molar-refractivity contribution in [3.8, 4) is 5.75 Å². The Kier molecular flexibility index (Phi) is 3.31. The van der Waals surface area contributed by atoms with Gasteiger partial charge in [-0.05, 0) is 46.4 Å². The first kappa shape index (κ1) is 12.1. The first-order valence-electron chi connectivity index (χ1n) is 5.62. The summed E-state index contributed by atoms with van der Waals surface area (Å²) in [5.74, 6) is 0.902. The molecule has 0 saturated carbocycles. The number of ether oxygens (including phenoxy) is 1. The molecule has 3 rings (SSSR count). The van der Waals surface area contributed by atoms with Gasteiger partial charge < -0.3 is 4.74 Å². The Labute approximate surface area is 125 Å². The van der Waals surface area contributed by atoms with E-state index in [-0.39, 0.29) is 0 Å². The van der Waals surface area contributed by atoms with Crippen LogP contribution in [-0.2, 0) is 0 Å². The number of rotatable bonds is 1. The first-order valence-corrected chi connectivity index (χ1v) is 7.08. The van der Waals surface area contributed by atoms with E-state index < -0.39 is 0 Å². The molecule has 0 unspecified atom stereocenters. The van der Waals surface area contributed by atoms with Gasteiger partial charge in [0.05, 0.1) is 0 Å². The minimum Gasteiger partial charge on any atom is -0.488 e. The molecule has 0 N–H and O–H groups in total. The van der Waals surface area contributed by atoms with Crippen LogP contribution in [0.15, 0.2) is 52.1 Å². The highest BCUT2D eigenvalue weighted by Crippen LogP contribution is 2.40. The summed E-state index contributed by atoms with van der Waals surface area (Å²) in [5, 5.41) is 0.733. The Morgan fingerprint density at radius 2 is 1.83 bits per heavy atom. The average Bonchev–Trinajstić information content (AvgIpc) is 2.39. The average molecular weight is 369 g/mol. The van der Waals surface area contributed by atoms with Gasteiger partial charge >= 0.3 is 0 Å². The molecule has 0 aromatic heterocycles. The highest BCUT2D eigenvalue weighted by Gasteiger charge is 2.20. The van der Waals surface area contributed by atoms with Crippen molar-refractivity contribution in [1.29, 1.82) is 0 Å². The van der Waals surface area contributed by atoms with Crippen molar-refractivity contribution >= 4 is 39.8 Å². The lowest BCUT2D eigenvalue weighted by atomic mass is 9.95. The van der Waals surface area contributed by atoms with Gasteiger partial charge in [0.25, 0.3) is 0 Å². The second kappa shape index (κ2) is 4.94. The first-order chi connectivity index (χ1) is 8.75. The third-order valence-electron chi connectivity index (χ3n) is 2.90. The van der Waals surface area contributed by atoms with Gasteiger partial charge in [0.15, 0.2) is 0 Å². The zero-order valence-electron chi connectivity index (χ0n) is 9.49. The summed E-state index contributed by atoms with van der Waals surface area (Å²) in [6.07, 6.45) is 0. The minimum absolute atomic E-state index is 0.624. The Morgan fingerprint density at radius 1 is 1.06 bits per heavy atom. The van der Waals surface area contributed by atoms with E-state index in [1.165, 1.54) is 14.7 Å². The van der Waals surface area contributed by atoms with Crippen LogP contribution in [0.25, 0.3) is 5.57 Å². The van der Waals surface area contributed by atoms with Crippen molar-refractivity contribution < 1.29 is 4.74 Å². The second-order valence-corrected chi connectivity index (χ2v) is 5.81. The van der Waals surface area contributed by atoms with Crippen LogP contribution >= 0.6 is 34.2 Å². The maximum absolute atomic E-state index is 6.10. The standard InChI is InChI=1S/C15H10ClIO/c16-11-6-7-14-12(8-11)15(13(17)9-18-14)10-4-2-1-3-5-10/h1-8H,9H2. The molecule has 1 aliphatic rings. The fourth-order valence-electron chi connectivity index (χ4n) is 2.10. The maximum atomic E-state index is 6.10.